The number of nitrogens with one attached hydrogen (secondary N) is 1. The summed E-state index contributed by atoms with van der Waals surface area (Å²) in [6, 6.07) is 0. The lowest BCUT2D eigenvalue weighted by Gasteiger charge is -2.02. The molecule has 1 N–H and O–H groups in total. The van der Waals surface area contributed by atoms with Crippen LogP contribution in [0.3, 0.4) is 0 Å². The Kier molecular flexibility index (Phi) is 4.68. The van der Waals surface area contributed by atoms with Gasteiger partial charge >= 0.3 is 0 Å². The highest BCUT2D eigenvalue weighted by molar-refractivity contribution is 7.14. The lowest BCUT2D eigenvalue weighted by molar-refractivity contribution is 0.0967. The van der Waals surface area contributed by atoms with Crippen molar-refractivity contribution in [3.63, 3.8) is 0 Å². The second-order valence-electron chi connectivity index (χ2n) is 4.86. The third-order valence-electron chi connectivity index (χ3n) is 2.60. The maximum absolute atomic E-state index is 11.4. The van der Waals surface area contributed by atoms with Gasteiger partial charge in [-0.2, -0.15) is 5.10 Å². The number of hydrogen-bond donors (Lipinski definition) is 1. The van der Waals surface area contributed by atoms with Crippen LogP contribution >= 0.6 is 11.3 Å². The van der Waals surface area contributed by atoms with E-state index in [0.29, 0.717) is 10.8 Å². The lowest BCUT2D eigenvalue weighted by Crippen LogP contribution is -2.16. The first-order valence-corrected chi connectivity index (χ1v) is 7.28. The van der Waals surface area contributed by atoms with Crippen molar-refractivity contribution in [2.75, 3.05) is 7.05 Å². The quantitative estimate of drug-likeness (QED) is 0.920. The van der Waals surface area contributed by atoms with Gasteiger partial charge in [-0.05, 0) is 18.1 Å². The van der Waals surface area contributed by atoms with Crippen molar-refractivity contribution in [3.8, 4) is 0 Å². The van der Waals surface area contributed by atoms with Crippen molar-refractivity contribution in [2.24, 2.45) is 5.92 Å². The Labute approximate surface area is 122 Å². The number of nitrogens with zero attached hydrogens (tertiary/aromatic N) is 3. The van der Waals surface area contributed by atoms with Crippen molar-refractivity contribution < 1.29 is 4.79 Å². The Hall–Kier alpha value is -1.95. The monoisotopic (exact) mass is 290 g/mol. The molecule has 0 fully saturated rings. The molecule has 0 aliphatic carbocycles. The minimum atomic E-state index is -0.105. The topological polar surface area (TPSA) is 59.8 Å². The second-order valence-corrected chi connectivity index (χ2v) is 5.93. The van der Waals surface area contributed by atoms with Crippen LogP contribution < -0.4 is 5.32 Å². The van der Waals surface area contributed by atoms with Gasteiger partial charge in [0.25, 0.3) is 5.91 Å². The molecule has 1 amide bonds. The summed E-state index contributed by atoms with van der Waals surface area (Å²) in [4.78, 5) is 16.2. The lowest BCUT2D eigenvalue weighted by atomic mass is 10.2. The minimum Gasteiger partial charge on any atom is -0.354 e. The van der Waals surface area contributed by atoms with E-state index in [1.54, 1.807) is 13.2 Å². The first kappa shape index (κ1) is 14.5. The standard InChI is InChI=1S/C14H18N4OS/c1-10(2)8-18-9-11(6-17-18)4-5-13-16-7-12(20-13)14(19)15-3/h4-7,9-10H,8H2,1-3H3,(H,15,19)/b5-4+. The van der Waals surface area contributed by atoms with Gasteiger partial charge in [0.05, 0.1) is 12.4 Å². The smallest absolute Gasteiger partial charge is 0.262 e. The van der Waals surface area contributed by atoms with E-state index in [2.05, 4.69) is 29.2 Å². The van der Waals surface area contributed by atoms with Crippen LogP contribution in [-0.2, 0) is 6.54 Å². The second kappa shape index (κ2) is 6.47. The van der Waals surface area contributed by atoms with Gasteiger partial charge in [0, 0.05) is 25.4 Å². The number of aromatic nitrogens is 3. The van der Waals surface area contributed by atoms with Crippen molar-refractivity contribution in [1.29, 1.82) is 0 Å². The molecule has 2 aromatic rings. The maximum Gasteiger partial charge on any atom is 0.262 e. The Morgan fingerprint density at radius 2 is 2.25 bits per heavy atom. The predicted molar refractivity (Wildman–Crippen MR) is 81.5 cm³/mol. The highest BCUT2D eigenvalue weighted by atomic mass is 32.1. The molecule has 0 aromatic carbocycles. The molecular weight excluding hydrogens is 272 g/mol. The number of rotatable bonds is 5. The van der Waals surface area contributed by atoms with E-state index in [1.807, 2.05) is 29.2 Å². The number of amides is 1. The normalized spacial score (nSPS) is 11.4. The zero-order chi connectivity index (χ0) is 14.5. The Morgan fingerprint density at radius 1 is 1.45 bits per heavy atom. The molecule has 0 atom stereocenters. The van der Waals surface area contributed by atoms with Crippen LogP contribution in [0.1, 0.15) is 34.1 Å². The molecule has 0 unspecified atom stereocenters. The molecule has 0 bridgehead atoms. The Bertz CT molecular complexity index is 612. The van der Waals surface area contributed by atoms with Crippen molar-refractivity contribution in [1.82, 2.24) is 20.1 Å². The van der Waals surface area contributed by atoms with Gasteiger partial charge in [-0.3, -0.25) is 9.48 Å². The number of carbonyl (C=O) groups is 1. The van der Waals surface area contributed by atoms with Gasteiger partial charge in [0.15, 0.2) is 0 Å². The molecule has 5 nitrogen and oxygen atoms in total. The average Bonchev–Trinajstić information content (AvgIpc) is 3.04. The summed E-state index contributed by atoms with van der Waals surface area (Å²) < 4.78 is 1.93. The molecule has 106 valence electrons. The van der Waals surface area contributed by atoms with E-state index >= 15 is 0 Å². The summed E-state index contributed by atoms with van der Waals surface area (Å²) in [6.07, 6.45) is 9.27. The fraction of sp³-hybridized carbons (Fsp3) is 0.357. The highest BCUT2D eigenvalue weighted by Crippen LogP contribution is 2.15. The first-order chi connectivity index (χ1) is 9.58. The number of carbonyl (C=O) groups excluding carboxylic acids is 1. The van der Waals surface area contributed by atoms with Crippen LogP contribution in [0.5, 0.6) is 0 Å². The van der Waals surface area contributed by atoms with E-state index in [9.17, 15) is 4.79 Å². The molecule has 0 saturated heterocycles. The van der Waals surface area contributed by atoms with E-state index in [0.717, 1.165) is 17.1 Å². The molecule has 2 aromatic heterocycles. The summed E-state index contributed by atoms with van der Waals surface area (Å²) in [7, 11) is 1.61. The summed E-state index contributed by atoms with van der Waals surface area (Å²) in [5.41, 5.74) is 1.03. The molecule has 0 radical (unpaired) electrons. The number of thiazole rings is 1. The molecule has 0 saturated carbocycles. The fourth-order valence-corrected chi connectivity index (χ4v) is 2.47. The first-order valence-electron chi connectivity index (χ1n) is 6.47. The zero-order valence-electron chi connectivity index (χ0n) is 11.8. The third-order valence-corrected chi connectivity index (χ3v) is 3.56. The van der Waals surface area contributed by atoms with Gasteiger partial charge in [0.2, 0.25) is 0 Å². The summed E-state index contributed by atoms with van der Waals surface area (Å²) in [5.74, 6) is 0.465. The minimum absolute atomic E-state index is 0.105. The van der Waals surface area contributed by atoms with Crippen molar-refractivity contribution in [2.45, 2.75) is 20.4 Å². The largest absolute Gasteiger partial charge is 0.354 e. The summed E-state index contributed by atoms with van der Waals surface area (Å²) in [5, 5.41) is 7.69. The highest BCUT2D eigenvalue weighted by Gasteiger charge is 2.06. The van der Waals surface area contributed by atoms with E-state index in [4.69, 9.17) is 0 Å². The third kappa shape index (κ3) is 3.77. The van der Waals surface area contributed by atoms with Crippen molar-refractivity contribution in [3.05, 3.63) is 34.0 Å². The molecular formula is C14H18N4OS. The summed E-state index contributed by atoms with van der Waals surface area (Å²) >= 11 is 1.37. The predicted octanol–water partition coefficient (Wildman–Crippen LogP) is 2.53. The van der Waals surface area contributed by atoms with Crippen LogP contribution in [-0.4, -0.2) is 27.7 Å². The molecule has 0 aliphatic rings. The molecule has 2 rings (SSSR count). The van der Waals surface area contributed by atoms with E-state index in [-0.39, 0.29) is 5.91 Å². The van der Waals surface area contributed by atoms with Crippen LogP contribution in [0.25, 0.3) is 12.2 Å². The Morgan fingerprint density at radius 3 is 2.95 bits per heavy atom. The molecule has 20 heavy (non-hydrogen) atoms. The SMILES string of the molecule is CNC(=O)c1cnc(/C=C/c2cnn(CC(C)C)c2)s1. The van der Waals surface area contributed by atoms with Crippen LogP contribution in [0.2, 0.25) is 0 Å². The maximum atomic E-state index is 11.4. The van der Waals surface area contributed by atoms with Crippen LogP contribution in [0.4, 0.5) is 0 Å². The van der Waals surface area contributed by atoms with Gasteiger partial charge < -0.3 is 5.32 Å². The average molecular weight is 290 g/mol. The van der Waals surface area contributed by atoms with Crippen LogP contribution in [0, 0.1) is 5.92 Å². The number of hydrogen-bond acceptors (Lipinski definition) is 4. The van der Waals surface area contributed by atoms with Gasteiger partial charge in [-0.15, -0.1) is 11.3 Å². The Balaban J connectivity index is 2.03. The van der Waals surface area contributed by atoms with Gasteiger partial charge in [-0.25, -0.2) is 4.98 Å². The van der Waals surface area contributed by atoms with E-state index < -0.39 is 0 Å². The van der Waals surface area contributed by atoms with Crippen molar-refractivity contribution >= 4 is 29.4 Å². The fourth-order valence-electron chi connectivity index (χ4n) is 1.70. The molecule has 0 aliphatic heterocycles. The zero-order valence-corrected chi connectivity index (χ0v) is 12.6. The molecule has 0 spiro atoms. The summed E-state index contributed by atoms with van der Waals surface area (Å²) in [6.45, 7) is 5.23. The molecule has 2 heterocycles. The van der Waals surface area contributed by atoms with Gasteiger partial charge in [-0.1, -0.05) is 13.8 Å². The van der Waals surface area contributed by atoms with E-state index in [1.165, 1.54) is 11.3 Å². The van der Waals surface area contributed by atoms with Crippen LogP contribution in [0.15, 0.2) is 18.6 Å². The van der Waals surface area contributed by atoms with Gasteiger partial charge in [0.1, 0.15) is 9.88 Å². The molecule has 6 heteroatoms.